The number of carbonyl (C=O) groups excluding carboxylic acids is 2. The minimum atomic E-state index is -0.612. The molecule has 1 N–H and O–H groups in total. The van der Waals surface area contributed by atoms with Crippen LogP contribution in [-0.4, -0.2) is 23.3 Å². The van der Waals surface area contributed by atoms with Crippen LogP contribution in [0.2, 0.25) is 5.02 Å². The van der Waals surface area contributed by atoms with E-state index in [1.807, 2.05) is 17.0 Å². The summed E-state index contributed by atoms with van der Waals surface area (Å²) in [4.78, 5) is 37.5. The molecule has 2 aromatic rings. The van der Waals surface area contributed by atoms with Gasteiger partial charge in [-0.3, -0.25) is 19.7 Å². The van der Waals surface area contributed by atoms with E-state index in [0.717, 1.165) is 36.9 Å². The lowest BCUT2D eigenvalue weighted by molar-refractivity contribution is -0.385. The van der Waals surface area contributed by atoms with Gasteiger partial charge in [0, 0.05) is 34.9 Å². The van der Waals surface area contributed by atoms with Gasteiger partial charge in [-0.25, -0.2) is 0 Å². The van der Waals surface area contributed by atoms with Gasteiger partial charge in [0.25, 0.3) is 11.6 Å². The van der Waals surface area contributed by atoms with Crippen molar-refractivity contribution in [3.63, 3.8) is 0 Å². The lowest BCUT2D eigenvalue weighted by atomic mass is 10.00. The van der Waals surface area contributed by atoms with Crippen molar-refractivity contribution in [2.75, 3.05) is 16.8 Å². The summed E-state index contributed by atoms with van der Waals surface area (Å²) in [5.41, 5.74) is 1.99. The molecule has 2 amide bonds. The fourth-order valence-electron chi connectivity index (χ4n) is 3.50. The van der Waals surface area contributed by atoms with Crippen molar-refractivity contribution in [3.05, 3.63) is 62.7 Å². The standard InChI is InChI=1S/C20H18ClN3O4/c21-14-5-7-18(24(27)28)16(11-14)19(25)22-15-6-8-17-13(10-15)2-1-9-23(17)20(26)12-3-4-12/h5-8,10-12H,1-4,9H2,(H,22,25). The quantitative estimate of drug-likeness (QED) is 0.616. The van der Waals surface area contributed by atoms with Crippen LogP contribution in [0.1, 0.15) is 35.2 Å². The Kier molecular flexibility index (Phi) is 4.77. The number of amides is 2. The predicted molar refractivity (Wildman–Crippen MR) is 106 cm³/mol. The van der Waals surface area contributed by atoms with Gasteiger partial charge in [0.15, 0.2) is 0 Å². The molecule has 1 aliphatic heterocycles. The van der Waals surface area contributed by atoms with E-state index in [-0.39, 0.29) is 28.1 Å². The number of hydrogen-bond donors (Lipinski definition) is 1. The van der Waals surface area contributed by atoms with Gasteiger partial charge < -0.3 is 10.2 Å². The molecule has 1 fully saturated rings. The summed E-state index contributed by atoms with van der Waals surface area (Å²) in [5, 5.41) is 14.1. The van der Waals surface area contributed by atoms with E-state index in [9.17, 15) is 19.7 Å². The lowest BCUT2D eigenvalue weighted by Gasteiger charge is -2.30. The largest absolute Gasteiger partial charge is 0.322 e. The van der Waals surface area contributed by atoms with Crippen LogP contribution in [0.15, 0.2) is 36.4 Å². The maximum absolute atomic E-state index is 12.6. The molecule has 0 unspecified atom stereocenters. The van der Waals surface area contributed by atoms with E-state index < -0.39 is 10.8 Å². The highest BCUT2D eigenvalue weighted by molar-refractivity contribution is 6.31. The molecule has 0 radical (unpaired) electrons. The first-order valence-electron chi connectivity index (χ1n) is 9.13. The van der Waals surface area contributed by atoms with Gasteiger partial charge >= 0.3 is 0 Å². The summed E-state index contributed by atoms with van der Waals surface area (Å²) in [6.45, 7) is 0.711. The van der Waals surface area contributed by atoms with Crippen molar-refractivity contribution in [2.45, 2.75) is 25.7 Å². The van der Waals surface area contributed by atoms with Crippen LogP contribution < -0.4 is 10.2 Å². The molecule has 0 spiro atoms. The molecule has 0 saturated heterocycles. The molecule has 4 rings (SSSR count). The molecule has 8 heteroatoms. The fourth-order valence-corrected chi connectivity index (χ4v) is 3.67. The van der Waals surface area contributed by atoms with Crippen LogP contribution >= 0.6 is 11.6 Å². The van der Waals surface area contributed by atoms with Gasteiger partial charge in [0.05, 0.1) is 4.92 Å². The molecule has 0 bridgehead atoms. The first-order valence-corrected chi connectivity index (χ1v) is 9.51. The number of anilines is 2. The first-order chi connectivity index (χ1) is 13.4. The van der Waals surface area contributed by atoms with Crippen molar-refractivity contribution < 1.29 is 14.5 Å². The van der Waals surface area contributed by atoms with E-state index >= 15 is 0 Å². The maximum atomic E-state index is 12.6. The molecule has 144 valence electrons. The number of halogens is 1. The number of benzene rings is 2. The first kappa shape index (κ1) is 18.4. The number of fused-ring (bicyclic) bond motifs is 1. The van der Waals surface area contributed by atoms with Crippen LogP contribution in [0, 0.1) is 16.0 Å². The van der Waals surface area contributed by atoms with Crippen LogP contribution in [-0.2, 0) is 11.2 Å². The molecule has 7 nitrogen and oxygen atoms in total. The Morgan fingerprint density at radius 3 is 2.68 bits per heavy atom. The average molecular weight is 400 g/mol. The van der Waals surface area contributed by atoms with Crippen molar-refractivity contribution >= 4 is 40.5 Å². The molecule has 0 atom stereocenters. The number of nitro benzene ring substituents is 1. The Labute approximate surface area is 166 Å². The Hall–Kier alpha value is -2.93. The number of rotatable bonds is 4. The van der Waals surface area contributed by atoms with Gasteiger partial charge in [0.1, 0.15) is 5.56 Å². The summed E-state index contributed by atoms with van der Waals surface area (Å²) in [5.74, 6) is -0.281. The highest BCUT2D eigenvalue weighted by atomic mass is 35.5. The summed E-state index contributed by atoms with van der Waals surface area (Å²) in [6.07, 6.45) is 3.59. The Balaban J connectivity index is 1.58. The molecule has 2 aromatic carbocycles. The van der Waals surface area contributed by atoms with Crippen molar-refractivity contribution in [1.82, 2.24) is 0 Å². The van der Waals surface area contributed by atoms with Gasteiger partial charge in [-0.05, 0) is 61.6 Å². The molecule has 1 heterocycles. The second-order valence-electron chi connectivity index (χ2n) is 7.08. The SMILES string of the molecule is O=C(Nc1ccc2c(c1)CCCN2C(=O)C1CC1)c1cc(Cl)ccc1[N+](=O)[O-]. The van der Waals surface area contributed by atoms with E-state index in [1.165, 1.54) is 18.2 Å². The highest BCUT2D eigenvalue weighted by Crippen LogP contribution is 2.36. The molecular weight excluding hydrogens is 382 g/mol. The Morgan fingerprint density at radius 1 is 1.18 bits per heavy atom. The van der Waals surface area contributed by atoms with Crippen molar-refractivity contribution in [1.29, 1.82) is 0 Å². The second kappa shape index (κ2) is 7.24. The number of nitro groups is 1. The zero-order valence-electron chi connectivity index (χ0n) is 15.0. The van der Waals surface area contributed by atoms with Crippen molar-refractivity contribution in [3.8, 4) is 0 Å². The molecule has 1 saturated carbocycles. The van der Waals surface area contributed by atoms with Crippen LogP contribution in [0.25, 0.3) is 0 Å². The predicted octanol–water partition coefficient (Wildman–Crippen LogP) is 4.19. The monoisotopic (exact) mass is 399 g/mol. The van der Waals surface area contributed by atoms with Crippen LogP contribution in [0.4, 0.5) is 17.1 Å². The fraction of sp³-hybridized carbons (Fsp3) is 0.300. The van der Waals surface area contributed by atoms with E-state index in [2.05, 4.69) is 5.32 Å². The molecule has 1 aliphatic carbocycles. The number of carbonyl (C=O) groups is 2. The third kappa shape index (κ3) is 3.57. The minimum Gasteiger partial charge on any atom is -0.322 e. The van der Waals surface area contributed by atoms with E-state index in [4.69, 9.17) is 11.6 Å². The summed E-state index contributed by atoms with van der Waals surface area (Å²) in [7, 11) is 0. The minimum absolute atomic E-state index is 0.0965. The summed E-state index contributed by atoms with van der Waals surface area (Å²) < 4.78 is 0. The number of aryl methyl sites for hydroxylation is 1. The third-order valence-corrected chi connectivity index (χ3v) is 5.28. The smallest absolute Gasteiger partial charge is 0.282 e. The number of nitrogens with zero attached hydrogens (tertiary/aromatic N) is 2. The summed E-state index contributed by atoms with van der Waals surface area (Å²) >= 11 is 5.90. The van der Waals surface area contributed by atoms with Gasteiger partial charge in [0.2, 0.25) is 5.91 Å². The molecule has 28 heavy (non-hydrogen) atoms. The van der Waals surface area contributed by atoms with Crippen molar-refractivity contribution in [2.24, 2.45) is 5.92 Å². The Morgan fingerprint density at radius 2 is 1.96 bits per heavy atom. The zero-order chi connectivity index (χ0) is 19.8. The normalized spacial score (nSPS) is 15.7. The lowest BCUT2D eigenvalue weighted by Crippen LogP contribution is -2.36. The highest BCUT2D eigenvalue weighted by Gasteiger charge is 2.35. The zero-order valence-corrected chi connectivity index (χ0v) is 15.7. The van der Waals surface area contributed by atoms with Crippen LogP contribution in [0.3, 0.4) is 0 Å². The molecule has 0 aromatic heterocycles. The van der Waals surface area contributed by atoms with Crippen LogP contribution in [0.5, 0.6) is 0 Å². The van der Waals surface area contributed by atoms with E-state index in [0.29, 0.717) is 12.2 Å². The van der Waals surface area contributed by atoms with E-state index in [1.54, 1.807) is 6.07 Å². The number of nitrogens with one attached hydrogen (secondary N) is 1. The third-order valence-electron chi connectivity index (χ3n) is 5.05. The average Bonchev–Trinajstić information content (AvgIpc) is 3.51. The molecular formula is C20H18ClN3O4. The maximum Gasteiger partial charge on any atom is 0.282 e. The topological polar surface area (TPSA) is 92.6 Å². The summed E-state index contributed by atoms with van der Waals surface area (Å²) in [6, 6.07) is 9.24. The number of hydrogen-bond acceptors (Lipinski definition) is 4. The van der Waals surface area contributed by atoms with Gasteiger partial charge in [-0.15, -0.1) is 0 Å². The second-order valence-corrected chi connectivity index (χ2v) is 7.52. The van der Waals surface area contributed by atoms with Gasteiger partial charge in [-0.1, -0.05) is 11.6 Å². The Bertz CT molecular complexity index is 987. The van der Waals surface area contributed by atoms with Gasteiger partial charge in [-0.2, -0.15) is 0 Å². The molecule has 2 aliphatic rings.